The van der Waals surface area contributed by atoms with Gasteiger partial charge in [-0.25, -0.2) is 26.7 Å². The van der Waals surface area contributed by atoms with Crippen molar-refractivity contribution in [3.05, 3.63) is 125 Å². The first-order chi connectivity index (χ1) is 16.7. The highest BCUT2D eigenvalue weighted by Crippen LogP contribution is 2.28. The lowest BCUT2D eigenvalue weighted by atomic mass is 9.93. The lowest BCUT2D eigenvalue weighted by Crippen LogP contribution is -2.14. The Bertz CT molecular complexity index is 1320. The molecule has 1 atom stereocenters. The van der Waals surface area contributed by atoms with E-state index in [0.29, 0.717) is 17.7 Å². The second-order valence-corrected chi connectivity index (χ2v) is 8.12. The molecule has 0 N–H and O–H groups in total. The van der Waals surface area contributed by atoms with E-state index in [4.69, 9.17) is 0 Å². The first kappa shape index (κ1) is 24.1. The highest BCUT2D eigenvalue weighted by Gasteiger charge is 2.23. The number of carbonyl (C=O) groups excluding carboxylic acids is 1. The molecule has 0 amide bonds. The third-order valence-electron chi connectivity index (χ3n) is 5.61. The second-order valence-electron chi connectivity index (χ2n) is 8.12. The van der Waals surface area contributed by atoms with E-state index in [2.05, 4.69) is 23.8 Å². The molecule has 0 unspecified atom stereocenters. The van der Waals surface area contributed by atoms with Crippen molar-refractivity contribution in [1.29, 1.82) is 0 Å². The summed E-state index contributed by atoms with van der Waals surface area (Å²) in [7, 11) is 0. The van der Waals surface area contributed by atoms with Crippen LogP contribution in [0.15, 0.2) is 78.9 Å². The summed E-state index contributed by atoms with van der Waals surface area (Å²) in [5.41, 5.74) is 1.94. The van der Waals surface area contributed by atoms with Gasteiger partial charge in [-0.2, -0.15) is 0 Å². The molecule has 4 aromatic rings. The molecule has 0 saturated carbocycles. The minimum absolute atomic E-state index is 0.193. The molecule has 0 spiro atoms. The van der Waals surface area contributed by atoms with Crippen molar-refractivity contribution in [2.24, 2.45) is 0 Å². The molecule has 0 aliphatic carbocycles. The largest absolute Gasteiger partial charge is 0.423 e. The Morgan fingerprint density at radius 3 is 1.89 bits per heavy atom. The molecule has 4 aromatic carbocycles. The van der Waals surface area contributed by atoms with Gasteiger partial charge in [-0.3, -0.25) is 0 Å². The number of hydrogen-bond acceptors (Lipinski definition) is 2. The Balaban J connectivity index is 1.52. The number of esters is 1. The number of carbonyl (C=O) groups is 1. The highest BCUT2D eigenvalue weighted by molar-refractivity contribution is 5.92. The fraction of sp³-hybridized carbons (Fsp3) is 0.107. The minimum Gasteiger partial charge on any atom is -0.423 e. The molecular formula is C28H19F5O2. The van der Waals surface area contributed by atoms with Gasteiger partial charge in [0.25, 0.3) is 0 Å². The standard InChI is InChI=1S/C28H19F5O2/c1-16(18-5-3-2-4-6-18)11-17-7-9-19(10-8-17)20-12-22(29)26(23(30)13-20)28(34)35-21-14-24(31)27(33)25(32)15-21/h2-10,12-16H,11H2,1H3/t16-/m1/s1. The molecular weight excluding hydrogens is 463 g/mol. The van der Waals surface area contributed by atoms with Crippen LogP contribution in [0.25, 0.3) is 11.1 Å². The van der Waals surface area contributed by atoms with Crippen LogP contribution in [0.4, 0.5) is 22.0 Å². The van der Waals surface area contributed by atoms with Gasteiger partial charge in [-0.05, 0) is 46.7 Å². The smallest absolute Gasteiger partial charge is 0.349 e. The lowest BCUT2D eigenvalue weighted by molar-refractivity contribution is 0.0723. The fourth-order valence-corrected chi connectivity index (χ4v) is 3.77. The maximum Gasteiger partial charge on any atom is 0.349 e. The zero-order valence-corrected chi connectivity index (χ0v) is 18.5. The SMILES string of the molecule is C[C@H](Cc1ccc(-c2cc(F)c(C(=O)Oc3cc(F)c(F)c(F)c3)c(F)c2)cc1)c1ccccc1. The molecule has 0 bridgehead atoms. The van der Waals surface area contributed by atoms with Gasteiger partial charge in [0.15, 0.2) is 17.5 Å². The van der Waals surface area contributed by atoms with E-state index in [9.17, 15) is 26.7 Å². The monoisotopic (exact) mass is 482 g/mol. The Hall–Kier alpha value is -4.00. The van der Waals surface area contributed by atoms with E-state index in [1.54, 1.807) is 12.1 Å². The molecule has 0 aliphatic rings. The number of ether oxygens (including phenoxy) is 1. The first-order valence-corrected chi connectivity index (χ1v) is 10.7. The lowest BCUT2D eigenvalue weighted by Gasteiger charge is -2.13. The summed E-state index contributed by atoms with van der Waals surface area (Å²) in [5, 5.41) is 0. The fourth-order valence-electron chi connectivity index (χ4n) is 3.77. The Labute approximate surface area is 198 Å². The number of hydrogen-bond donors (Lipinski definition) is 0. The van der Waals surface area contributed by atoms with Crippen molar-refractivity contribution >= 4 is 5.97 Å². The molecule has 0 fully saturated rings. The Morgan fingerprint density at radius 2 is 1.31 bits per heavy atom. The van der Waals surface area contributed by atoms with Crippen LogP contribution < -0.4 is 4.74 Å². The molecule has 178 valence electrons. The summed E-state index contributed by atoms with van der Waals surface area (Å²) < 4.78 is 73.7. The normalized spacial score (nSPS) is 11.8. The van der Waals surface area contributed by atoms with Crippen LogP contribution >= 0.6 is 0 Å². The number of rotatable bonds is 6. The average Bonchev–Trinajstić information content (AvgIpc) is 2.83. The maximum absolute atomic E-state index is 14.7. The van der Waals surface area contributed by atoms with Crippen molar-refractivity contribution in [2.45, 2.75) is 19.3 Å². The molecule has 7 heteroatoms. The van der Waals surface area contributed by atoms with Gasteiger partial charge < -0.3 is 4.74 Å². The van der Waals surface area contributed by atoms with Crippen molar-refractivity contribution in [3.8, 4) is 16.9 Å². The van der Waals surface area contributed by atoms with Gasteiger partial charge in [-0.15, -0.1) is 0 Å². The minimum atomic E-state index is -1.76. The quantitative estimate of drug-likeness (QED) is 0.122. The number of benzene rings is 4. The average molecular weight is 482 g/mol. The molecule has 0 radical (unpaired) electrons. The molecule has 0 aliphatic heterocycles. The third-order valence-corrected chi connectivity index (χ3v) is 5.61. The third kappa shape index (κ3) is 5.40. The summed E-state index contributed by atoms with van der Waals surface area (Å²) in [5.74, 6) is -9.35. The summed E-state index contributed by atoms with van der Waals surface area (Å²) in [6.45, 7) is 2.11. The van der Waals surface area contributed by atoms with Gasteiger partial charge in [0.2, 0.25) is 0 Å². The molecule has 0 heterocycles. The van der Waals surface area contributed by atoms with E-state index < -0.39 is 46.4 Å². The van der Waals surface area contributed by atoms with E-state index in [0.717, 1.165) is 24.1 Å². The van der Waals surface area contributed by atoms with Crippen LogP contribution in [0.3, 0.4) is 0 Å². The summed E-state index contributed by atoms with van der Waals surface area (Å²) >= 11 is 0. The summed E-state index contributed by atoms with van der Waals surface area (Å²) in [4.78, 5) is 12.2. The molecule has 35 heavy (non-hydrogen) atoms. The predicted octanol–water partition coefficient (Wildman–Crippen LogP) is 7.61. The number of halogens is 5. The Morgan fingerprint density at radius 1 is 0.743 bits per heavy atom. The van der Waals surface area contributed by atoms with Gasteiger partial charge in [-0.1, -0.05) is 61.5 Å². The van der Waals surface area contributed by atoms with Crippen LogP contribution in [0.2, 0.25) is 0 Å². The molecule has 2 nitrogen and oxygen atoms in total. The first-order valence-electron chi connectivity index (χ1n) is 10.7. The van der Waals surface area contributed by atoms with Crippen molar-refractivity contribution in [2.75, 3.05) is 0 Å². The van der Waals surface area contributed by atoms with Gasteiger partial charge >= 0.3 is 5.97 Å². The molecule has 0 saturated heterocycles. The molecule has 0 aromatic heterocycles. The Kier molecular flexibility index (Phi) is 6.96. The van der Waals surface area contributed by atoms with Crippen LogP contribution in [0.5, 0.6) is 5.75 Å². The zero-order valence-electron chi connectivity index (χ0n) is 18.5. The van der Waals surface area contributed by atoms with Crippen molar-refractivity contribution in [3.63, 3.8) is 0 Å². The van der Waals surface area contributed by atoms with E-state index in [1.165, 1.54) is 5.56 Å². The predicted molar refractivity (Wildman–Crippen MR) is 122 cm³/mol. The van der Waals surface area contributed by atoms with Crippen molar-refractivity contribution < 1.29 is 31.5 Å². The van der Waals surface area contributed by atoms with Crippen LogP contribution in [0.1, 0.15) is 34.3 Å². The van der Waals surface area contributed by atoms with E-state index >= 15 is 0 Å². The van der Waals surface area contributed by atoms with Gasteiger partial charge in [0.1, 0.15) is 22.9 Å². The molecule has 4 rings (SSSR count). The second kappa shape index (κ2) is 10.1. The van der Waals surface area contributed by atoms with Crippen LogP contribution in [-0.2, 0) is 6.42 Å². The van der Waals surface area contributed by atoms with Crippen molar-refractivity contribution in [1.82, 2.24) is 0 Å². The van der Waals surface area contributed by atoms with E-state index in [-0.39, 0.29) is 11.5 Å². The van der Waals surface area contributed by atoms with Crippen LogP contribution in [0, 0.1) is 29.1 Å². The topological polar surface area (TPSA) is 26.3 Å². The van der Waals surface area contributed by atoms with Gasteiger partial charge in [0, 0.05) is 12.1 Å². The maximum atomic E-state index is 14.7. The highest BCUT2D eigenvalue weighted by atomic mass is 19.2. The van der Waals surface area contributed by atoms with Crippen LogP contribution in [-0.4, -0.2) is 5.97 Å². The summed E-state index contributed by atoms with van der Waals surface area (Å²) in [6, 6.07) is 19.9. The zero-order chi connectivity index (χ0) is 25.1. The van der Waals surface area contributed by atoms with Gasteiger partial charge in [0.05, 0.1) is 0 Å². The van der Waals surface area contributed by atoms with E-state index in [1.807, 2.05) is 30.3 Å². The summed E-state index contributed by atoms with van der Waals surface area (Å²) in [6.07, 6.45) is 0.780.